The van der Waals surface area contributed by atoms with Gasteiger partial charge < -0.3 is 9.64 Å². The van der Waals surface area contributed by atoms with Crippen LogP contribution in [0.25, 0.3) is 0 Å². The van der Waals surface area contributed by atoms with E-state index in [1.807, 2.05) is 43.6 Å². The largest absolute Gasteiger partial charge is 0.489 e. The van der Waals surface area contributed by atoms with Crippen molar-refractivity contribution in [1.82, 2.24) is 14.7 Å². The van der Waals surface area contributed by atoms with E-state index >= 15 is 0 Å². The van der Waals surface area contributed by atoms with Crippen LogP contribution in [0.5, 0.6) is 5.75 Å². The Bertz CT molecular complexity index is 913. The first kappa shape index (κ1) is 18.2. The summed E-state index contributed by atoms with van der Waals surface area (Å²) < 4.78 is 7.68. The van der Waals surface area contributed by atoms with Crippen LogP contribution in [0.4, 0.5) is 0 Å². The molecular weight excluding hydrogens is 346 g/mol. The maximum Gasteiger partial charge on any atom is 0.264 e. The number of hydrogen-bond acceptors (Lipinski definition) is 4. The second kappa shape index (κ2) is 7.74. The highest BCUT2D eigenvalue weighted by atomic mass is 32.1. The van der Waals surface area contributed by atoms with Gasteiger partial charge in [-0.15, -0.1) is 11.3 Å². The van der Waals surface area contributed by atoms with Crippen LogP contribution < -0.4 is 4.74 Å². The van der Waals surface area contributed by atoms with Crippen LogP contribution in [0.3, 0.4) is 0 Å². The maximum atomic E-state index is 12.6. The Morgan fingerprint density at radius 2 is 2.08 bits per heavy atom. The van der Waals surface area contributed by atoms with Crippen LogP contribution >= 0.6 is 11.3 Å². The monoisotopic (exact) mass is 369 g/mol. The summed E-state index contributed by atoms with van der Waals surface area (Å²) in [4.78, 5) is 15.0. The lowest BCUT2D eigenvalue weighted by Crippen LogP contribution is -2.26. The molecular formula is C20H23N3O2S. The average Bonchev–Trinajstić information content (AvgIpc) is 3.23. The fraction of sp³-hybridized carbons (Fsp3) is 0.300. The van der Waals surface area contributed by atoms with E-state index in [9.17, 15) is 4.79 Å². The van der Waals surface area contributed by atoms with E-state index in [2.05, 4.69) is 18.1 Å². The molecule has 3 aromatic rings. The highest BCUT2D eigenvalue weighted by molar-refractivity contribution is 7.12. The number of hydrogen-bond donors (Lipinski definition) is 0. The molecule has 2 aromatic heterocycles. The summed E-state index contributed by atoms with van der Waals surface area (Å²) in [7, 11) is 3.68. The molecule has 0 spiro atoms. The molecule has 0 bridgehead atoms. The van der Waals surface area contributed by atoms with Gasteiger partial charge in [-0.2, -0.15) is 5.10 Å². The summed E-state index contributed by atoms with van der Waals surface area (Å²) in [5.41, 5.74) is 4.34. The number of carbonyl (C=O) groups is 1. The predicted octanol–water partition coefficient (Wildman–Crippen LogP) is 3.95. The van der Waals surface area contributed by atoms with Crippen molar-refractivity contribution in [2.24, 2.45) is 7.05 Å². The third-order valence-electron chi connectivity index (χ3n) is 4.26. The van der Waals surface area contributed by atoms with Crippen molar-refractivity contribution in [2.45, 2.75) is 27.0 Å². The number of rotatable bonds is 6. The number of ether oxygens (including phenoxy) is 1. The summed E-state index contributed by atoms with van der Waals surface area (Å²) in [5.74, 6) is 0.886. The molecule has 0 N–H and O–H groups in total. The minimum absolute atomic E-state index is 0.00830. The van der Waals surface area contributed by atoms with Crippen LogP contribution in [-0.4, -0.2) is 27.6 Å². The third kappa shape index (κ3) is 4.14. The smallest absolute Gasteiger partial charge is 0.264 e. The van der Waals surface area contributed by atoms with Gasteiger partial charge in [0.25, 0.3) is 5.91 Å². The number of aryl methyl sites for hydroxylation is 3. The molecule has 1 amide bonds. The lowest BCUT2D eigenvalue weighted by molar-refractivity contribution is 0.0786. The van der Waals surface area contributed by atoms with Crippen LogP contribution in [0.2, 0.25) is 0 Å². The van der Waals surface area contributed by atoms with E-state index in [-0.39, 0.29) is 5.91 Å². The van der Waals surface area contributed by atoms with Crippen LogP contribution in [0, 0.1) is 13.8 Å². The normalized spacial score (nSPS) is 10.8. The Hall–Kier alpha value is -2.60. The number of benzene rings is 1. The molecule has 0 atom stereocenters. The number of nitrogens with zero attached hydrogens (tertiary/aromatic N) is 3. The molecule has 0 unspecified atom stereocenters. The van der Waals surface area contributed by atoms with Gasteiger partial charge in [-0.05, 0) is 43.0 Å². The first-order chi connectivity index (χ1) is 12.4. The van der Waals surface area contributed by atoms with E-state index in [1.165, 1.54) is 16.9 Å². The Labute approximate surface area is 157 Å². The third-order valence-corrected chi connectivity index (χ3v) is 5.22. The molecule has 2 heterocycles. The van der Waals surface area contributed by atoms with Crippen molar-refractivity contribution in [3.63, 3.8) is 0 Å². The molecule has 0 aliphatic rings. The summed E-state index contributed by atoms with van der Waals surface area (Å²) in [6.07, 6.45) is 1.74. The van der Waals surface area contributed by atoms with Crippen molar-refractivity contribution in [1.29, 1.82) is 0 Å². The predicted molar refractivity (Wildman–Crippen MR) is 104 cm³/mol. The lowest BCUT2D eigenvalue weighted by atomic mass is 10.1. The second-order valence-electron chi connectivity index (χ2n) is 6.48. The van der Waals surface area contributed by atoms with Crippen LogP contribution in [0.15, 0.2) is 41.9 Å². The van der Waals surface area contributed by atoms with E-state index in [4.69, 9.17) is 4.74 Å². The lowest BCUT2D eigenvalue weighted by Gasteiger charge is -2.16. The number of amides is 1. The molecule has 6 heteroatoms. The topological polar surface area (TPSA) is 47.4 Å². The Morgan fingerprint density at radius 3 is 2.77 bits per heavy atom. The molecule has 0 aliphatic carbocycles. The van der Waals surface area contributed by atoms with E-state index < -0.39 is 0 Å². The van der Waals surface area contributed by atoms with E-state index in [0.717, 1.165) is 22.6 Å². The Kier molecular flexibility index (Phi) is 5.42. The first-order valence-corrected chi connectivity index (χ1v) is 9.32. The molecule has 0 aliphatic heterocycles. The zero-order chi connectivity index (χ0) is 18.7. The van der Waals surface area contributed by atoms with E-state index in [0.29, 0.717) is 18.0 Å². The SMILES string of the molecule is Cc1ccc(OCc2csc(C(=O)N(C)Cc3ccnn3C)c2)c(C)c1. The molecule has 0 saturated carbocycles. The highest BCUT2D eigenvalue weighted by Gasteiger charge is 2.16. The summed E-state index contributed by atoms with van der Waals surface area (Å²) in [6.45, 7) is 5.09. The zero-order valence-corrected chi connectivity index (χ0v) is 16.3. The standard InChI is InChI=1S/C20H23N3O2S/c1-14-5-6-18(15(2)9-14)25-12-16-10-19(26-13-16)20(24)22(3)11-17-7-8-21-23(17)4/h5-10,13H,11-12H2,1-4H3. The number of carbonyl (C=O) groups excluding carboxylic acids is 1. The van der Waals surface area contributed by atoms with Gasteiger partial charge in [-0.1, -0.05) is 17.7 Å². The van der Waals surface area contributed by atoms with Gasteiger partial charge in [0.1, 0.15) is 12.4 Å². The van der Waals surface area contributed by atoms with Gasteiger partial charge >= 0.3 is 0 Å². The fourth-order valence-corrected chi connectivity index (χ4v) is 3.64. The Balaban J connectivity index is 1.61. The Morgan fingerprint density at radius 1 is 1.27 bits per heavy atom. The molecule has 5 nitrogen and oxygen atoms in total. The van der Waals surface area contributed by atoms with Crippen molar-refractivity contribution in [2.75, 3.05) is 7.05 Å². The van der Waals surface area contributed by atoms with Crippen molar-refractivity contribution in [3.8, 4) is 5.75 Å². The minimum Gasteiger partial charge on any atom is -0.489 e. The fourth-order valence-electron chi connectivity index (χ4n) is 2.75. The van der Waals surface area contributed by atoms with Crippen molar-refractivity contribution >= 4 is 17.2 Å². The van der Waals surface area contributed by atoms with Crippen LogP contribution in [-0.2, 0) is 20.2 Å². The molecule has 136 valence electrons. The minimum atomic E-state index is 0.00830. The van der Waals surface area contributed by atoms with Gasteiger partial charge in [0.2, 0.25) is 0 Å². The van der Waals surface area contributed by atoms with Gasteiger partial charge in [0.15, 0.2) is 0 Å². The first-order valence-electron chi connectivity index (χ1n) is 8.44. The van der Waals surface area contributed by atoms with Crippen molar-refractivity contribution in [3.05, 3.63) is 69.2 Å². The quantitative estimate of drug-likeness (QED) is 0.661. The van der Waals surface area contributed by atoms with E-state index in [1.54, 1.807) is 22.8 Å². The molecule has 0 fully saturated rings. The number of thiophene rings is 1. The zero-order valence-electron chi connectivity index (χ0n) is 15.5. The number of aromatic nitrogens is 2. The molecule has 26 heavy (non-hydrogen) atoms. The van der Waals surface area contributed by atoms with Gasteiger partial charge in [-0.25, -0.2) is 0 Å². The average molecular weight is 369 g/mol. The van der Waals surface area contributed by atoms with Crippen LogP contribution in [0.1, 0.15) is 32.1 Å². The van der Waals surface area contributed by atoms with Gasteiger partial charge in [0.05, 0.1) is 17.1 Å². The highest BCUT2D eigenvalue weighted by Crippen LogP contribution is 2.22. The molecule has 0 radical (unpaired) electrons. The second-order valence-corrected chi connectivity index (χ2v) is 7.40. The summed E-state index contributed by atoms with van der Waals surface area (Å²) >= 11 is 1.45. The maximum absolute atomic E-state index is 12.6. The summed E-state index contributed by atoms with van der Waals surface area (Å²) in [5, 5.41) is 6.12. The van der Waals surface area contributed by atoms with Crippen molar-refractivity contribution < 1.29 is 9.53 Å². The molecule has 0 saturated heterocycles. The van der Waals surface area contributed by atoms with Gasteiger partial charge in [0, 0.05) is 25.9 Å². The molecule has 1 aromatic carbocycles. The summed E-state index contributed by atoms with van der Waals surface area (Å²) in [6, 6.07) is 9.96. The van der Waals surface area contributed by atoms with Gasteiger partial charge in [-0.3, -0.25) is 9.48 Å². The molecule has 3 rings (SSSR count).